The zero-order valence-corrected chi connectivity index (χ0v) is 11.7. The molecule has 1 saturated carbocycles. The molecule has 0 amide bonds. The first-order valence-corrected chi connectivity index (χ1v) is 6.91. The van der Waals surface area contributed by atoms with Gasteiger partial charge in [0.25, 0.3) is 0 Å². The van der Waals surface area contributed by atoms with Crippen LogP contribution in [0.25, 0.3) is 0 Å². The van der Waals surface area contributed by atoms with E-state index in [-0.39, 0.29) is 0 Å². The molecular weight excluding hydrogens is 288 g/mol. The monoisotopic (exact) mass is 302 g/mol. The number of nitrogens with zero attached hydrogens (tertiary/aromatic N) is 1. The normalized spacial score (nSPS) is 25.4. The van der Waals surface area contributed by atoms with Gasteiger partial charge in [-0.2, -0.15) is 0 Å². The molecule has 2 unspecified atom stereocenters. The van der Waals surface area contributed by atoms with Gasteiger partial charge in [-0.1, -0.05) is 31.4 Å². The quantitative estimate of drug-likeness (QED) is 0.871. The number of pyridine rings is 1. The van der Waals surface area contributed by atoms with Gasteiger partial charge in [0.15, 0.2) is 0 Å². The fraction of sp³-hybridized carbons (Fsp3) is 0.583. The van der Waals surface area contributed by atoms with Crippen LogP contribution in [-0.4, -0.2) is 11.0 Å². The Labute approximate surface area is 110 Å². The molecule has 1 aromatic rings. The Bertz CT molecular complexity index is 370. The maximum atomic E-state index is 6.14. The minimum absolute atomic E-state index is 0.514. The average Bonchev–Trinajstić information content (AvgIpc) is 2.25. The van der Waals surface area contributed by atoms with Crippen LogP contribution in [0.1, 0.15) is 32.6 Å². The predicted octanol–water partition coefficient (Wildman–Crippen LogP) is 4.49. The molecule has 1 aliphatic rings. The van der Waals surface area contributed by atoms with Gasteiger partial charge in [-0.15, -0.1) is 0 Å². The molecule has 4 heteroatoms. The lowest BCUT2D eigenvalue weighted by molar-refractivity contribution is 0.349. The predicted molar refractivity (Wildman–Crippen MR) is 72.0 cm³/mol. The van der Waals surface area contributed by atoms with Crippen LogP contribution >= 0.6 is 27.5 Å². The van der Waals surface area contributed by atoms with Gasteiger partial charge in [-0.3, -0.25) is 0 Å². The summed E-state index contributed by atoms with van der Waals surface area (Å²) in [5.41, 5.74) is 0. The molecule has 88 valence electrons. The van der Waals surface area contributed by atoms with Gasteiger partial charge in [0.2, 0.25) is 0 Å². The Morgan fingerprint density at radius 3 is 2.88 bits per heavy atom. The minimum atomic E-state index is 0.514. The first-order chi connectivity index (χ1) is 7.66. The molecule has 0 bridgehead atoms. The van der Waals surface area contributed by atoms with E-state index in [4.69, 9.17) is 11.6 Å². The van der Waals surface area contributed by atoms with Crippen molar-refractivity contribution in [2.75, 3.05) is 5.32 Å². The summed E-state index contributed by atoms with van der Waals surface area (Å²) in [4.78, 5) is 4.32. The standard InChI is InChI=1S/C12H16BrClN2/c1-8-4-2-3-5-11(8)16-12-10(14)6-9(13)7-15-12/h6-8,11H,2-5H2,1H3,(H,15,16). The SMILES string of the molecule is CC1CCCCC1Nc1ncc(Br)cc1Cl. The molecule has 1 fully saturated rings. The summed E-state index contributed by atoms with van der Waals surface area (Å²) in [7, 11) is 0. The van der Waals surface area contributed by atoms with Crippen LogP contribution in [0.4, 0.5) is 5.82 Å². The third-order valence-corrected chi connectivity index (χ3v) is 3.96. The topological polar surface area (TPSA) is 24.9 Å². The van der Waals surface area contributed by atoms with Gasteiger partial charge in [0, 0.05) is 16.7 Å². The van der Waals surface area contributed by atoms with Crippen molar-refractivity contribution in [1.82, 2.24) is 4.98 Å². The molecular formula is C12H16BrClN2. The summed E-state index contributed by atoms with van der Waals surface area (Å²) in [6.45, 7) is 2.30. The van der Waals surface area contributed by atoms with Crippen LogP contribution in [0.5, 0.6) is 0 Å². The molecule has 2 atom stereocenters. The molecule has 1 aromatic heterocycles. The number of halogens is 2. The second-order valence-corrected chi connectivity index (χ2v) is 5.82. The van der Waals surface area contributed by atoms with Gasteiger partial charge >= 0.3 is 0 Å². The van der Waals surface area contributed by atoms with E-state index in [1.54, 1.807) is 6.20 Å². The number of hydrogen-bond donors (Lipinski definition) is 1. The van der Waals surface area contributed by atoms with Crippen LogP contribution in [0.15, 0.2) is 16.7 Å². The van der Waals surface area contributed by atoms with Crippen molar-refractivity contribution in [2.45, 2.75) is 38.6 Å². The lowest BCUT2D eigenvalue weighted by Crippen LogP contribution is -2.30. The number of anilines is 1. The molecule has 1 N–H and O–H groups in total. The molecule has 1 heterocycles. The summed E-state index contributed by atoms with van der Waals surface area (Å²) in [6.07, 6.45) is 6.94. The first kappa shape index (κ1) is 12.2. The summed E-state index contributed by atoms with van der Waals surface area (Å²) >= 11 is 9.50. The first-order valence-electron chi connectivity index (χ1n) is 5.74. The van der Waals surface area contributed by atoms with E-state index in [0.29, 0.717) is 17.0 Å². The number of rotatable bonds is 2. The van der Waals surface area contributed by atoms with Crippen LogP contribution in [0.3, 0.4) is 0 Å². The summed E-state index contributed by atoms with van der Waals surface area (Å²) in [5.74, 6) is 1.51. The molecule has 16 heavy (non-hydrogen) atoms. The van der Waals surface area contributed by atoms with E-state index in [0.717, 1.165) is 10.3 Å². The average molecular weight is 304 g/mol. The van der Waals surface area contributed by atoms with Crippen molar-refractivity contribution in [3.63, 3.8) is 0 Å². The molecule has 0 spiro atoms. The third-order valence-electron chi connectivity index (χ3n) is 3.24. The summed E-state index contributed by atoms with van der Waals surface area (Å²) < 4.78 is 0.916. The molecule has 2 rings (SSSR count). The zero-order valence-electron chi connectivity index (χ0n) is 9.34. The Morgan fingerprint density at radius 2 is 2.19 bits per heavy atom. The third kappa shape index (κ3) is 2.89. The number of aromatic nitrogens is 1. The van der Waals surface area contributed by atoms with Gasteiger partial charge < -0.3 is 5.32 Å². The molecule has 0 aromatic carbocycles. The van der Waals surface area contributed by atoms with Crippen molar-refractivity contribution in [2.24, 2.45) is 5.92 Å². The molecule has 1 aliphatic carbocycles. The van der Waals surface area contributed by atoms with E-state index in [2.05, 4.69) is 33.2 Å². The maximum Gasteiger partial charge on any atom is 0.145 e. The highest BCUT2D eigenvalue weighted by molar-refractivity contribution is 9.10. The number of nitrogens with one attached hydrogen (secondary N) is 1. The van der Waals surface area contributed by atoms with Crippen LogP contribution < -0.4 is 5.32 Å². The zero-order chi connectivity index (χ0) is 11.5. The van der Waals surface area contributed by atoms with E-state index in [1.165, 1.54) is 25.7 Å². The fourth-order valence-corrected chi connectivity index (χ4v) is 2.91. The van der Waals surface area contributed by atoms with Gasteiger partial charge in [-0.25, -0.2) is 4.98 Å². The van der Waals surface area contributed by atoms with Crippen molar-refractivity contribution >= 4 is 33.3 Å². The van der Waals surface area contributed by atoms with Crippen LogP contribution in [0.2, 0.25) is 5.02 Å². The fourth-order valence-electron chi connectivity index (χ4n) is 2.23. The van der Waals surface area contributed by atoms with E-state index in [9.17, 15) is 0 Å². The Balaban J connectivity index is 2.07. The van der Waals surface area contributed by atoms with E-state index >= 15 is 0 Å². The van der Waals surface area contributed by atoms with Crippen molar-refractivity contribution < 1.29 is 0 Å². The highest BCUT2D eigenvalue weighted by atomic mass is 79.9. The number of hydrogen-bond acceptors (Lipinski definition) is 2. The van der Waals surface area contributed by atoms with Gasteiger partial charge in [0.1, 0.15) is 5.82 Å². The van der Waals surface area contributed by atoms with Crippen molar-refractivity contribution in [3.05, 3.63) is 21.8 Å². The van der Waals surface area contributed by atoms with E-state index in [1.807, 2.05) is 6.07 Å². The Hall–Kier alpha value is -0.280. The van der Waals surface area contributed by atoms with Crippen LogP contribution in [0, 0.1) is 5.92 Å². The molecule has 2 nitrogen and oxygen atoms in total. The molecule has 0 aliphatic heterocycles. The minimum Gasteiger partial charge on any atom is -0.366 e. The lowest BCUT2D eigenvalue weighted by atomic mass is 9.86. The smallest absolute Gasteiger partial charge is 0.145 e. The molecule has 0 radical (unpaired) electrons. The van der Waals surface area contributed by atoms with Crippen molar-refractivity contribution in [3.8, 4) is 0 Å². The Kier molecular flexibility index (Phi) is 4.09. The van der Waals surface area contributed by atoms with Gasteiger partial charge in [-0.05, 0) is 40.8 Å². The summed E-state index contributed by atoms with van der Waals surface area (Å²) in [5, 5.41) is 4.15. The highest BCUT2D eigenvalue weighted by Crippen LogP contribution is 2.29. The van der Waals surface area contributed by atoms with Crippen molar-refractivity contribution in [1.29, 1.82) is 0 Å². The lowest BCUT2D eigenvalue weighted by Gasteiger charge is -2.30. The molecule has 0 saturated heterocycles. The van der Waals surface area contributed by atoms with E-state index < -0.39 is 0 Å². The second-order valence-electron chi connectivity index (χ2n) is 4.50. The van der Waals surface area contributed by atoms with Crippen LogP contribution in [-0.2, 0) is 0 Å². The second kappa shape index (κ2) is 5.37. The maximum absolute atomic E-state index is 6.14. The largest absolute Gasteiger partial charge is 0.366 e. The highest BCUT2D eigenvalue weighted by Gasteiger charge is 2.21. The summed E-state index contributed by atoms with van der Waals surface area (Å²) in [6, 6.07) is 2.39. The Morgan fingerprint density at radius 1 is 1.44 bits per heavy atom. The van der Waals surface area contributed by atoms with Gasteiger partial charge in [0.05, 0.1) is 5.02 Å².